The molecule has 1 heterocycles. The fourth-order valence-corrected chi connectivity index (χ4v) is 5.35. The molecule has 4 rings (SSSR count). The third kappa shape index (κ3) is 6.06. The van der Waals surface area contributed by atoms with Crippen molar-refractivity contribution in [3.8, 4) is 11.5 Å². The largest absolute Gasteiger partial charge is 0.493 e. The molecule has 0 unspecified atom stereocenters. The molecule has 0 atom stereocenters. The topological polar surface area (TPSA) is 51.1 Å². The fraction of sp³-hybridized carbons (Fsp3) is 0.154. The van der Waals surface area contributed by atoms with Crippen LogP contribution in [0.5, 0.6) is 11.5 Å². The van der Waals surface area contributed by atoms with Crippen LogP contribution in [0.4, 0.5) is 10.1 Å². The minimum atomic E-state index is -0.342. The van der Waals surface area contributed by atoms with Crippen molar-refractivity contribution in [1.29, 1.82) is 0 Å². The maximum absolute atomic E-state index is 13.2. The van der Waals surface area contributed by atoms with Gasteiger partial charge in [0, 0.05) is 6.54 Å². The van der Waals surface area contributed by atoms with Gasteiger partial charge in [0.2, 0.25) is 0 Å². The lowest BCUT2D eigenvalue weighted by molar-refractivity contribution is -0.122. The summed E-state index contributed by atoms with van der Waals surface area (Å²) in [6.45, 7) is 2.59. The van der Waals surface area contributed by atoms with E-state index in [1.165, 1.54) is 23.9 Å². The quantitative estimate of drug-likeness (QED) is 0.254. The van der Waals surface area contributed by atoms with E-state index < -0.39 is 0 Å². The van der Waals surface area contributed by atoms with Crippen molar-refractivity contribution in [1.82, 2.24) is 4.90 Å². The molecule has 0 N–H and O–H groups in total. The maximum atomic E-state index is 13.2. The van der Waals surface area contributed by atoms with E-state index in [4.69, 9.17) is 32.7 Å². The predicted molar refractivity (Wildman–Crippen MR) is 148 cm³/mol. The fourth-order valence-electron chi connectivity index (χ4n) is 3.40. The number of methoxy groups -OCH3 is 1. The Hall–Kier alpha value is -2.52. The molecule has 0 spiro atoms. The van der Waals surface area contributed by atoms with Crippen LogP contribution in [0.2, 0.25) is 10.0 Å². The Morgan fingerprint density at radius 2 is 1.86 bits per heavy atom. The second-order valence-electron chi connectivity index (χ2n) is 7.60. The Morgan fingerprint density at radius 1 is 1.11 bits per heavy atom. The van der Waals surface area contributed by atoms with Crippen LogP contribution in [0.1, 0.15) is 18.1 Å². The molecule has 0 radical (unpaired) electrons. The van der Waals surface area contributed by atoms with Crippen LogP contribution in [-0.4, -0.2) is 29.6 Å². The Bertz CT molecular complexity index is 1370. The van der Waals surface area contributed by atoms with Crippen molar-refractivity contribution in [2.45, 2.75) is 13.5 Å². The third-order valence-corrected chi connectivity index (χ3v) is 7.51. The number of halogens is 4. The number of hydrogen-bond donors (Lipinski definition) is 0. The van der Waals surface area contributed by atoms with Crippen LogP contribution in [0.15, 0.2) is 69.0 Å². The minimum absolute atomic E-state index is 0.154. The van der Waals surface area contributed by atoms with Crippen LogP contribution >= 0.6 is 50.9 Å². The molecule has 3 aromatic carbocycles. The van der Waals surface area contributed by atoms with E-state index >= 15 is 0 Å². The summed E-state index contributed by atoms with van der Waals surface area (Å²) >= 11 is 16.9. The van der Waals surface area contributed by atoms with Crippen LogP contribution in [-0.2, 0) is 11.4 Å². The average Bonchev–Trinajstić information content (AvgIpc) is 3.15. The van der Waals surface area contributed by atoms with Crippen LogP contribution in [0.3, 0.4) is 0 Å². The molecule has 0 bridgehead atoms. The van der Waals surface area contributed by atoms with E-state index in [1.807, 2.05) is 19.1 Å². The molecule has 0 aliphatic carbocycles. The Morgan fingerprint density at radius 3 is 2.53 bits per heavy atom. The van der Waals surface area contributed by atoms with Crippen molar-refractivity contribution in [3.05, 3.63) is 91.0 Å². The molecule has 1 aliphatic heterocycles. The summed E-state index contributed by atoms with van der Waals surface area (Å²) in [5.41, 5.74) is 2.17. The first-order valence-corrected chi connectivity index (χ1v) is 13.2. The highest BCUT2D eigenvalue weighted by molar-refractivity contribution is 9.10. The summed E-state index contributed by atoms with van der Waals surface area (Å²) in [6, 6.07) is 14.8. The molecule has 1 fully saturated rings. The van der Waals surface area contributed by atoms with E-state index in [0.29, 0.717) is 48.3 Å². The van der Waals surface area contributed by atoms with Crippen LogP contribution < -0.4 is 9.47 Å². The maximum Gasteiger partial charge on any atom is 0.266 e. The van der Waals surface area contributed by atoms with Gasteiger partial charge in [0.1, 0.15) is 12.4 Å². The second kappa shape index (κ2) is 11.7. The lowest BCUT2D eigenvalue weighted by Crippen LogP contribution is -2.28. The predicted octanol–water partition coefficient (Wildman–Crippen LogP) is 8.11. The van der Waals surface area contributed by atoms with E-state index in [0.717, 1.165) is 11.1 Å². The Kier molecular flexibility index (Phi) is 8.62. The SMILES string of the molecule is CCN1C(=O)/C(=C\c2cc(Br)c(OCc3ccc(Cl)c(Cl)c3)c(OC)c2)SC1=Nc1ccc(F)cc1. The minimum Gasteiger partial charge on any atom is -0.493 e. The molecule has 0 saturated carbocycles. The Balaban J connectivity index is 1.58. The van der Waals surface area contributed by atoms with E-state index in [1.54, 1.807) is 48.4 Å². The second-order valence-corrected chi connectivity index (χ2v) is 10.3. The number of benzene rings is 3. The van der Waals surface area contributed by atoms with Gasteiger partial charge in [0.15, 0.2) is 16.7 Å². The molecule has 36 heavy (non-hydrogen) atoms. The van der Waals surface area contributed by atoms with Gasteiger partial charge in [0.25, 0.3) is 5.91 Å². The molecule has 1 aliphatic rings. The number of thioether (sulfide) groups is 1. The molecule has 10 heteroatoms. The number of aliphatic imine (C=N–C) groups is 1. The number of ether oxygens (including phenoxy) is 2. The standard InChI is InChI=1S/C26H20BrCl2FN2O3S/c1-3-32-25(33)23(36-26(32)31-18-7-5-17(30)6-8-18)13-16-10-19(27)24(22(12-16)34-2)35-14-15-4-9-20(28)21(29)11-15/h4-13H,3,14H2,1-2H3/b23-13+,31-26?. The first-order valence-electron chi connectivity index (χ1n) is 10.8. The molecule has 186 valence electrons. The van der Waals surface area contributed by atoms with Crippen molar-refractivity contribution in [2.75, 3.05) is 13.7 Å². The van der Waals surface area contributed by atoms with Crippen molar-refractivity contribution in [3.63, 3.8) is 0 Å². The molecule has 1 saturated heterocycles. The lowest BCUT2D eigenvalue weighted by atomic mass is 10.1. The van der Waals surface area contributed by atoms with Gasteiger partial charge >= 0.3 is 0 Å². The monoisotopic (exact) mass is 608 g/mol. The van der Waals surface area contributed by atoms with Crippen LogP contribution in [0, 0.1) is 5.82 Å². The zero-order valence-corrected chi connectivity index (χ0v) is 23.1. The first kappa shape index (κ1) is 26.5. The van der Waals surface area contributed by atoms with Gasteiger partial charge in [-0.3, -0.25) is 9.69 Å². The normalized spacial score (nSPS) is 15.7. The number of likely N-dealkylation sites (N-methyl/N-ethyl adjacent to an activating group) is 1. The molecular formula is C26H20BrCl2FN2O3S. The summed E-state index contributed by atoms with van der Waals surface area (Å²) < 4.78 is 25.4. The highest BCUT2D eigenvalue weighted by atomic mass is 79.9. The number of hydrogen-bond acceptors (Lipinski definition) is 5. The zero-order chi connectivity index (χ0) is 25.8. The number of nitrogens with zero attached hydrogens (tertiary/aromatic N) is 2. The van der Waals surface area contributed by atoms with Crippen molar-refractivity contribution >= 4 is 73.7 Å². The number of carbonyl (C=O) groups is 1. The van der Waals surface area contributed by atoms with Crippen molar-refractivity contribution in [2.24, 2.45) is 4.99 Å². The van der Waals surface area contributed by atoms with Crippen LogP contribution in [0.25, 0.3) is 6.08 Å². The molecule has 5 nitrogen and oxygen atoms in total. The summed E-state index contributed by atoms with van der Waals surface area (Å²) in [4.78, 5) is 19.6. The smallest absolute Gasteiger partial charge is 0.266 e. The third-order valence-electron chi connectivity index (χ3n) is 5.17. The molecule has 3 aromatic rings. The summed E-state index contributed by atoms with van der Waals surface area (Å²) in [7, 11) is 1.55. The number of carbonyl (C=O) groups excluding carboxylic acids is 1. The summed E-state index contributed by atoms with van der Waals surface area (Å²) in [5, 5.41) is 1.46. The number of rotatable bonds is 7. The van der Waals surface area contributed by atoms with Gasteiger partial charge in [0.05, 0.1) is 32.2 Å². The molecular weight excluding hydrogens is 590 g/mol. The first-order chi connectivity index (χ1) is 17.3. The zero-order valence-electron chi connectivity index (χ0n) is 19.2. The molecule has 0 aromatic heterocycles. The van der Waals surface area contributed by atoms with Gasteiger partial charge in [-0.05, 0) is 100 Å². The number of amides is 1. The highest BCUT2D eigenvalue weighted by Gasteiger charge is 2.32. The van der Waals surface area contributed by atoms with Gasteiger partial charge in [-0.2, -0.15) is 0 Å². The highest BCUT2D eigenvalue weighted by Crippen LogP contribution is 2.40. The van der Waals surface area contributed by atoms with Gasteiger partial charge in [-0.1, -0.05) is 29.3 Å². The summed E-state index contributed by atoms with van der Waals surface area (Å²) in [5.74, 6) is 0.522. The van der Waals surface area contributed by atoms with Crippen molar-refractivity contribution < 1.29 is 18.7 Å². The average molecular weight is 610 g/mol. The van der Waals surface area contributed by atoms with Gasteiger partial charge in [-0.15, -0.1) is 0 Å². The van der Waals surface area contributed by atoms with E-state index in [2.05, 4.69) is 20.9 Å². The van der Waals surface area contributed by atoms with Gasteiger partial charge in [-0.25, -0.2) is 9.38 Å². The summed E-state index contributed by atoms with van der Waals surface area (Å²) in [6.07, 6.45) is 1.78. The number of amidine groups is 1. The Labute approximate surface area is 231 Å². The van der Waals surface area contributed by atoms with Gasteiger partial charge < -0.3 is 9.47 Å². The lowest BCUT2D eigenvalue weighted by Gasteiger charge is -2.14. The van der Waals surface area contributed by atoms with E-state index in [-0.39, 0.29) is 18.3 Å². The molecule has 1 amide bonds. The van der Waals surface area contributed by atoms with E-state index in [9.17, 15) is 9.18 Å².